The van der Waals surface area contributed by atoms with Gasteiger partial charge in [0.2, 0.25) is 11.8 Å². The van der Waals surface area contributed by atoms with E-state index in [1.54, 1.807) is 13.3 Å². The maximum absolute atomic E-state index is 6.38. The second kappa shape index (κ2) is 9.42. The van der Waals surface area contributed by atoms with Crippen molar-refractivity contribution < 1.29 is 4.74 Å². The van der Waals surface area contributed by atoms with Gasteiger partial charge >= 0.3 is 0 Å². The van der Waals surface area contributed by atoms with Gasteiger partial charge in [0, 0.05) is 44.0 Å². The summed E-state index contributed by atoms with van der Waals surface area (Å²) in [5.74, 6) is 2.40. The monoisotopic (exact) mass is 489 g/mol. The van der Waals surface area contributed by atoms with Gasteiger partial charge in [0.15, 0.2) is 5.82 Å². The van der Waals surface area contributed by atoms with Crippen molar-refractivity contribution in [2.24, 2.45) is 0 Å². The number of rotatable bonds is 8. The lowest BCUT2D eigenvalue weighted by molar-refractivity contribution is 0.260. The van der Waals surface area contributed by atoms with Gasteiger partial charge in [-0.25, -0.2) is 4.98 Å². The molecular weight excluding hydrogens is 454 g/mol. The van der Waals surface area contributed by atoms with E-state index in [0.717, 1.165) is 36.8 Å². The number of fused-ring (bicyclic) bond motifs is 2. The zero-order valence-electron chi connectivity index (χ0n) is 21.7. The smallest absolute Gasteiger partial charge is 0.239 e. The normalized spacial score (nSPS) is 15.7. The van der Waals surface area contributed by atoms with Crippen LogP contribution in [0.3, 0.4) is 0 Å². The summed E-state index contributed by atoms with van der Waals surface area (Å²) in [6.45, 7) is 4.62. The topological polar surface area (TPSA) is 109 Å². The van der Waals surface area contributed by atoms with Crippen molar-refractivity contribution in [3.05, 3.63) is 41.9 Å². The number of nitrogen functional groups attached to an aromatic ring is 1. The molecule has 190 valence electrons. The second-order valence-electron chi connectivity index (χ2n) is 10.1. The third-order valence-corrected chi connectivity index (χ3v) is 7.18. The molecule has 10 nitrogen and oxygen atoms in total. The molecule has 1 aliphatic heterocycles. The van der Waals surface area contributed by atoms with Gasteiger partial charge in [0.1, 0.15) is 11.5 Å². The molecule has 5 rings (SSSR count). The fraction of sp³-hybridized carbons (Fsp3) is 0.462. The number of nitrogens with two attached hydrogens (primary N) is 1. The van der Waals surface area contributed by atoms with Crippen LogP contribution in [0, 0.1) is 6.92 Å². The van der Waals surface area contributed by atoms with E-state index in [2.05, 4.69) is 44.1 Å². The van der Waals surface area contributed by atoms with Gasteiger partial charge in [0.25, 0.3) is 0 Å². The summed E-state index contributed by atoms with van der Waals surface area (Å²) in [4.78, 5) is 25.3. The van der Waals surface area contributed by atoms with Crippen LogP contribution >= 0.6 is 0 Å². The van der Waals surface area contributed by atoms with Gasteiger partial charge in [0.05, 0.1) is 24.2 Å². The molecule has 0 atom stereocenters. The maximum Gasteiger partial charge on any atom is 0.239 e. The summed E-state index contributed by atoms with van der Waals surface area (Å²) in [7, 11) is 7.65. The number of nitrogens with one attached hydrogen (secondary N) is 1. The fourth-order valence-corrected chi connectivity index (χ4v) is 5.01. The van der Waals surface area contributed by atoms with Crippen LogP contribution in [0.25, 0.3) is 0 Å². The van der Waals surface area contributed by atoms with Crippen LogP contribution in [-0.2, 0) is 5.41 Å². The number of nitrogens with zero attached hydrogens (tertiary/aromatic N) is 7. The van der Waals surface area contributed by atoms with Crippen molar-refractivity contribution in [1.29, 1.82) is 0 Å². The number of likely N-dealkylation sites (N-methyl/N-ethyl adjacent to an activating group) is 2. The van der Waals surface area contributed by atoms with Crippen molar-refractivity contribution >= 4 is 34.6 Å². The molecule has 0 saturated heterocycles. The zero-order valence-corrected chi connectivity index (χ0v) is 21.7. The molecule has 3 N–H and O–H groups in total. The lowest BCUT2D eigenvalue weighted by Crippen LogP contribution is -2.38. The van der Waals surface area contributed by atoms with Crippen LogP contribution in [-0.4, -0.2) is 72.7 Å². The Balaban J connectivity index is 1.41. The Kier molecular flexibility index (Phi) is 6.29. The first kappa shape index (κ1) is 24.1. The summed E-state index contributed by atoms with van der Waals surface area (Å²) in [5.41, 5.74) is 11.1. The lowest BCUT2D eigenvalue weighted by Gasteiger charge is -2.38. The van der Waals surface area contributed by atoms with Crippen LogP contribution in [0.4, 0.5) is 34.6 Å². The Bertz CT molecular complexity index is 1260. The molecule has 4 heterocycles. The molecule has 1 spiro atoms. The highest BCUT2D eigenvalue weighted by Gasteiger charge is 2.49. The van der Waals surface area contributed by atoms with Crippen molar-refractivity contribution in [1.82, 2.24) is 24.8 Å². The maximum atomic E-state index is 6.38. The first-order valence-electron chi connectivity index (χ1n) is 12.4. The van der Waals surface area contributed by atoms with E-state index in [0.29, 0.717) is 29.0 Å². The number of methoxy groups -OCH3 is 1. The Morgan fingerprint density at radius 2 is 1.92 bits per heavy atom. The summed E-state index contributed by atoms with van der Waals surface area (Å²) in [6, 6.07) is 8.00. The highest BCUT2D eigenvalue weighted by atomic mass is 16.5. The van der Waals surface area contributed by atoms with Gasteiger partial charge in [-0.1, -0.05) is 6.42 Å². The summed E-state index contributed by atoms with van der Waals surface area (Å²) in [6.07, 6.45) is 5.35. The molecule has 0 radical (unpaired) electrons. The molecule has 0 unspecified atom stereocenters. The minimum Gasteiger partial charge on any atom is -0.479 e. The van der Waals surface area contributed by atoms with E-state index in [-0.39, 0.29) is 5.41 Å². The summed E-state index contributed by atoms with van der Waals surface area (Å²) < 4.78 is 5.59. The molecule has 0 bridgehead atoms. The van der Waals surface area contributed by atoms with Crippen LogP contribution in [0.2, 0.25) is 0 Å². The third-order valence-electron chi connectivity index (χ3n) is 7.18. The second-order valence-corrected chi connectivity index (χ2v) is 10.1. The summed E-state index contributed by atoms with van der Waals surface area (Å²) in [5, 5.41) is 3.27. The van der Waals surface area contributed by atoms with E-state index < -0.39 is 0 Å². The van der Waals surface area contributed by atoms with Crippen molar-refractivity contribution in [2.75, 3.05) is 68.7 Å². The number of anilines is 6. The van der Waals surface area contributed by atoms with Gasteiger partial charge in [-0.05, 0) is 58.1 Å². The standard InChI is InChI=1S/C26H35N9O/c1-17-7-8-20-22(29-17)26(10-6-11-26)16-35(20)21-9-12-28-25(31-21)30-19-15-18(27)23(32-24(19)36-5)34(4)14-13-33(2)3/h7-9,12,15H,6,10-11,13-14,16,27H2,1-5H3,(H,28,30,31). The molecule has 3 aromatic rings. The molecule has 36 heavy (non-hydrogen) atoms. The number of aromatic nitrogens is 4. The van der Waals surface area contributed by atoms with Gasteiger partial charge in [-0.3, -0.25) is 4.98 Å². The van der Waals surface area contributed by atoms with Crippen LogP contribution in [0.1, 0.15) is 30.7 Å². The number of aryl methyl sites for hydroxylation is 1. The molecule has 1 aliphatic carbocycles. The van der Waals surface area contributed by atoms with E-state index in [1.807, 2.05) is 38.2 Å². The predicted molar refractivity (Wildman–Crippen MR) is 144 cm³/mol. The predicted octanol–water partition coefficient (Wildman–Crippen LogP) is 3.48. The molecule has 2 aliphatic rings. The SMILES string of the molecule is COc1nc(N(C)CCN(C)C)c(N)cc1Nc1nccc(N2CC3(CCC3)c3nc(C)ccc32)n1. The third kappa shape index (κ3) is 4.37. The average Bonchev–Trinajstić information content (AvgIpc) is 3.18. The van der Waals surface area contributed by atoms with E-state index in [4.69, 9.17) is 20.4 Å². The number of pyridine rings is 2. The van der Waals surface area contributed by atoms with Crippen LogP contribution in [0.15, 0.2) is 30.5 Å². The molecule has 3 aromatic heterocycles. The minimum atomic E-state index is 0.135. The quantitative estimate of drug-likeness (QED) is 0.488. The van der Waals surface area contributed by atoms with Gasteiger partial charge < -0.3 is 30.5 Å². The van der Waals surface area contributed by atoms with E-state index >= 15 is 0 Å². The molecule has 0 aromatic carbocycles. The van der Waals surface area contributed by atoms with E-state index in [1.165, 1.54) is 25.0 Å². The Morgan fingerprint density at radius 3 is 2.61 bits per heavy atom. The highest BCUT2D eigenvalue weighted by molar-refractivity contribution is 5.75. The molecule has 10 heteroatoms. The first-order valence-corrected chi connectivity index (χ1v) is 12.4. The molecule has 1 fully saturated rings. The average molecular weight is 490 g/mol. The lowest BCUT2D eigenvalue weighted by atomic mass is 9.67. The van der Waals surface area contributed by atoms with E-state index in [9.17, 15) is 0 Å². The fourth-order valence-electron chi connectivity index (χ4n) is 5.01. The van der Waals surface area contributed by atoms with Crippen LogP contribution in [0.5, 0.6) is 5.88 Å². The molecular formula is C26H35N9O. The molecule has 0 amide bonds. The minimum absolute atomic E-state index is 0.135. The highest BCUT2D eigenvalue weighted by Crippen LogP contribution is 2.53. The number of ether oxygens (including phenoxy) is 1. The van der Waals surface area contributed by atoms with Crippen LogP contribution < -0.4 is 25.6 Å². The van der Waals surface area contributed by atoms with Crippen molar-refractivity contribution in [2.45, 2.75) is 31.6 Å². The summed E-state index contributed by atoms with van der Waals surface area (Å²) >= 11 is 0. The Morgan fingerprint density at radius 1 is 1.11 bits per heavy atom. The van der Waals surface area contributed by atoms with Gasteiger partial charge in [-0.2, -0.15) is 9.97 Å². The number of hydrogen-bond acceptors (Lipinski definition) is 10. The van der Waals surface area contributed by atoms with Gasteiger partial charge in [-0.15, -0.1) is 0 Å². The number of hydrogen-bond donors (Lipinski definition) is 2. The Labute approximate surface area is 212 Å². The van der Waals surface area contributed by atoms with Crippen molar-refractivity contribution in [3.63, 3.8) is 0 Å². The van der Waals surface area contributed by atoms with Crippen molar-refractivity contribution in [3.8, 4) is 5.88 Å². The Hall–Kier alpha value is -3.66. The largest absolute Gasteiger partial charge is 0.479 e. The first-order chi connectivity index (χ1) is 17.3. The zero-order chi connectivity index (χ0) is 25.4. The molecule has 1 saturated carbocycles.